The molecule has 3 nitrogen and oxygen atoms in total. The van der Waals surface area contributed by atoms with Crippen molar-refractivity contribution in [1.82, 2.24) is 9.97 Å². The van der Waals surface area contributed by atoms with Crippen molar-refractivity contribution in [1.29, 1.82) is 0 Å². The highest BCUT2D eigenvalue weighted by Gasteiger charge is 2.28. The van der Waals surface area contributed by atoms with Gasteiger partial charge in [-0.1, -0.05) is 25.4 Å². The van der Waals surface area contributed by atoms with Crippen LogP contribution >= 0.6 is 11.6 Å². The first-order valence-corrected chi connectivity index (χ1v) is 7.12. The van der Waals surface area contributed by atoms with Gasteiger partial charge in [-0.25, -0.2) is 9.97 Å². The van der Waals surface area contributed by atoms with Crippen molar-refractivity contribution in [3.8, 4) is 0 Å². The Morgan fingerprint density at radius 2 is 2.00 bits per heavy atom. The van der Waals surface area contributed by atoms with Crippen molar-refractivity contribution in [3.05, 3.63) is 16.5 Å². The number of aromatic nitrogens is 2. The van der Waals surface area contributed by atoms with E-state index in [2.05, 4.69) is 30.8 Å². The molecule has 18 heavy (non-hydrogen) atoms. The Kier molecular flexibility index (Phi) is 4.10. The van der Waals surface area contributed by atoms with Gasteiger partial charge in [-0.15, -0.1) is 0 Å². The lowest BCUT2D eigenvalue weighted by Crippen LogP contribution is -2.23. The predicted octanol–water partition coefficient (Wildman–Crippen LogP) is 3.80. The first-order chi connectivity index (χ1) is 8.49. The number of rotatable bonds is 5. The summed E-state index contributed by atoms with van der Waals surface area (Å²) < 4.78 is 0. The summed E-state index contributed by atoms with van der Waals surface area (Å²) in [7, 11) is 2.09. The minimum absolute atomic E-state index is 0.542. The fraction of sp³-hybridized carbons (Fsp3) is 0.714. The number of hydrogen-bond donors (Lipinski definition) is 0. The number of anilines is 1. The summed E-state index contributed by atoms with van der Waals surface area (Å²) in [6.45, 7) is 7.49. The van der Waals surface area contributed by atoms with Crippen molar-refractivity contribution in [2.75, 3.05) is 18.5 Å². The highest BCUT2D eigenvalue weighted by molar-refractivity contribution is 6.30. The summed E-state index contributed by atoms with van der Waals surface area (Å²) in [6, 6.07) is 0. The van der Waals surface area contributed by atoms with Crippen LogP contribution in [0.2, 0.25) is 5.15 Å². The minimum atomic E-state index is 0.542. The molecule has 1 saturated carbocycles. The van der Waals surface area contributed by atoms with E-state index in [0.717, 1.165) is 30.2 Å². The third-order valence-corrected chi connectivity index (χ3v) is 3.79. The van der Waals surface area contributed by atoms with E-state index in [0.29, 0.717) is 17.0 Å². The molecule has 0 radical (unpaired) electrons. The number of nitrogens with zero attached hydrogens (tertiary/aromatic N) is 3. The largest absolute Gasteiger partial charge is 0.359 e. The first kappa shape index (κ1) is 13.6. The molecule has 0 aliphatic heterocycles. The second-order valence-corrected chi connectivity index (χ2v) is 6.06. The average Bonchev–Trinajstić information content (AvgIpc) is 3.13. The van der Waals surface area contributed by atoms with Crippen molar-refractivity contribution >= 4 is 17.4 Å². The highest BCUT2D eigenvalue weighted by atomic mass is 35.5. The van der Waals surface area contributed by atoms with Gasteiger partial charge in [0.25, 0.3) is 0 Å². The van der Waals surface area contributed by atoms with Gasteiger partial charge in [0.15, 0.2) is 0 Å². The van der Waals surface area contributed by atoms with Gasteiger partial charge < -0.3 is 4.90 Å². The molecule has 1 aliphatic carbocycles. The topological polar surface area (TPSA) is 29.0 Å². The lowest BCUT2D eigenvalue weighted by Gasteiger charge is -2.22. The molecule has 2 rings (SSSR count). The van der Waals surface area contributed by atoms with E-state index in [4.69, 9.17) is 16.6 Å². The van der Waals surface area contributed by atoms with Crippen LogP contribution in [-0.2, 0) is 0 Å². The SMILES string of the molecule is Cc1c(Cl)nc(C2CC2)nc1N(C)CCC(C)C. The number of halogens is 1. The predicted molar refractivity (Wildman–Crippen MR) is 76.5 cm³/mol. The van der Waals surface area contributed by atoms with E-state index in [9.17, 15) is 0 Å². The lowest BCUT2D eigenvalue weighted by atomic mass is 10.1. The molecule has 1 aliphatic rings. The van der Waals surface area contributed by atoms with Crippen LogP contribution in [0.3, 0.4) is 0 Å². The third-order valence-electron chi connectivity index (χ3n) is 3.42. The van der Waals surface area contributed by atoms with E-state index in [-0.39, 0.29) is 0 Å². The lowest BCUT2D eigenvalue weighted by molar-refractivity contribution is 0.582. The van der Waals surface area contributed by atoms with E-state index in [1.54, 1.807) is 0 Å². The summed E-state index contributed by atoms with van der Waals surface area (Å²) in [5.74, 6) is 3.17. The second-order valence-electron chi connectivity index (χ2n) is 5.70. The monoisotopic (exact) mass is 267 g/mol. The Morgan fingerprint density at radius 1 is 1.33 bits per heavy atom. The smallest absolute Gasteiger partial charge is 0.137 e. The molecule has 0 saturated heterocycles. The third kappa shape index (κ3) is 3.14. The average molecular weight is 268 g/mol. The van der Waals surface area contributed by atoms with Gasteiger partial charge in [0, 0.05) is 25.1 Å². The Bertz CT molecular complexity index is 427. The van der Waals surface area contributed by atoms with E-state index >= 15 is 0 Å². The Labute approximate surface area is 115 Å². The zero-order chi connectivity index (χ0) is 13.3. The Morgan fingerprint density at radius 3 is 2.56 bits per heavy atom. The van der Waals surface area contributed by atoms with Crippen molar-refractivity contribution < 1.29 is 0 Å². The maximum Gasteiger partial charge on any atom is 0.137 e. The van der Waals surface area contributed by atoms with E-state index in [1.165, 1.54) is 12.8 Å². The highest BCUT2D eigenvalue weighted by Crippen LogP contribution is 2.39. The van der Waals surface area contributed by atoms with Crippen LogP contribution in [0.4, 0.5) is 5.82 Å². The molecule has 1 aromatic rings. The molecular formula is C14H22ClN3. The standard InChI is InChI=1S/C14H22ClN3/c1-9(2)7-8-18(4)14-10(3)12(15)16-13(17-14)11-5-6-11/h9,11H,5-8H2,1-4H3. The molecule has 1 aromatic heterocycles. The van der Waals surface area contributed by atoms with Crippen LogP contribution in [0.25, 0.3) is 0 Å². The van der Waals surface area contributed by atoms with Crippen LogP contribution in [0.1, 0.15) is 50.4 Å². The summed E-state index contributed by atoms with van der Waals surface area (Å²) >= 11 is 6.22. The molecule has 0 aromatic carbocycles. The van der Waals surface area contributed by atoms with Crippen LogP contribution in [0.5, 0.6) is 0 Å². The quantitative estimate of drug-likeness (QED) is 0.760. The summed E-state index contributed by atoms with van der Waals surface area (Å²) in [4.78, 5) is 11.3. The molecule has 0 unspecified atom stereocenters. The molecule has 0 bridgehead atoms. The minimum Gasteiger partial charge on any atom is -0.359 e. The van der Waals surface area contributed by atoms with Crippen LogP contribution in [0, 0.1) is 12.8 Å². The Hall–Kier alpha value is -0.830. The van der Waals surface area contributed by atoms with Crippen LogP contribution in [0.15, 0.2) is 0 Å². The summed E-state index contributed by atoms with van der Waals surface area (Å²) in [5, 5.41) is 0.610. The molecule has 1 fully saturated rings. The van der Waals surface area contributed by atoms with Crippen LogP contribution < -0.4 is 4.90 Å². The molecular weight excluding hydrogens is 246 g/mol. The van der Waals surface area contributed by atoms with Gasteiger partial charge in [-0.3, -0.25) is 0 Å². The fourth-order valence-corrected chi connectivity index (χ4v) is 2.12. The van der Waals surface area contributed by atoms with Gasteiger partial charge in [-0.2, -0.15) is 0 Å². The van der Waals surface area contributed by atoms with Gasteiger partial charge in [-0.05, 0) is 32.1 Å². The molecule has 0 amide bonds. The van der Waals surface area contributed by atoms with Crippen LogP contribution in [-0.4, -0.2) is 23.6 Å². The Balaban J connectivity index is 2.19. The van der Waals surface area contributed by atoms with Gasteiger partial charge in [0.1, 0.15) is 16.8 Å². The van der Waals surface area contributed by atoms with Gasteiger partial charge in [0.2, 0.25) is 0 Å². The first-order valence-electron chi connectivity index (χ1n) is 6.74. The summed E-state index contributed by atoms with van der Waals surface area (Å²) in [5.41, 5.74) is 0.993. The van der Waals surface area contributed by atoms with Crippen molar-refractivity contribution in [2.24, 2.45) is 5.92 Å². The zero-order valence-corrected chi connectivity index (χ0v) is 12.5. The molecule has 0 spiro atoms. The van der Waals surface area contributed by atoms with Crippen molar-refractivity contribution in [2.45, 2.75) is 46.0 Å². The fourth-order valence-electron chi connectivity index (χ4n) is 1.95. The zero-order valence-electron chi connectivity index (χ0n) is 11.7. The van der Waals surface area contributed by atoms with E-state index < -0.39 is 0 Å². The maximum atomic E-state index is 6.22. The number of hydrogen-bond acceptors (Lipinski definition) is 3. The van der Waals surface area contributed by atoms with Crippen molar-refractivity contribution in [3.63, 3.8) is 0 Å². The van der Waals surface area contributed by atoms with Gasteiger partial charge in [0.05, 0.1) is 0 Å². The van der Waals surface area contributed by atoms with E-state index in [1.807, 2.05) is 6.92 Å². The molecule has 100 valence electrons. The molecule has 4 heteroatoms. The second kappa shape index (κ2) is 5.43. The molecule has 0 atom stereocenters. The molecule has 1 heterocycles. The molecule has 0 N–H and O–H groups in total. The normalized spacial score (nSPS) is 15.2. The maximum absolute atomic E-state index is 6.22. The van der Waals surface area contributed by atoms with Gasteiger partial charge >= 0.3 is 0 Å². The summed E-state index contributed by atoms with van der Waals surface area (Å²) in [6.07, 6.45) is 3.57.